The second kappa shape index (κ2) is 4.30. The van der Waals surface area contributed by atoms with E-state index in [0.717, 1.165) is 16.6 Å². The molecule has 1 atom stereocenters. The molecule has 2 aromatic heterocycles. The van der Waals surface area contributed by atoms with Gasteiger partial charge in [-0.2, -0.15) is 5.26 Å². The maximum absolute atomic E-state index is 9.42. The normalized spacial score (nSPS) is 12.2. The highest BCUT2D eigenvalue weighted by molar-refractivity contribution is 5.76. The van der Waals surface area contributed by atoms with Gasteiger partial charge in [0.1, 0.15) is 5.52 Å². The van der Waals surface area contributed by atoms with Crippen LogP contribution in [0.25, 0.3) is 11.2 Å². The molecular formula is C14H10N4. The molecule has 0 amide bonds. The van der Waals surface area contributed by atoms with Crippen molar-refractivity contribution in [2.45, 2.75) is 5.92 Å². The van der Waals surface area contributed by atoms with Crippen molar-refractivity contribution in [3.05, 3.63) is 60.0 Å². The highest BCUT2D eigenvalue weighted by Gasteiger charge is 2.17. The SMILES string of the molecule is N#CC(c1ccccc1)c1ccnc2[nH]cnc12. The van der Waals surface area contributed by atoms with Crippen LogP contribution in [0.3, 0.4) is 0 Å². The first-order chi connectivity index (χ1) is 8.90. The summed E-state index contributed by atoms with van der Waals surface area (Å²) in [7, 11) is 0. The van der Waals surface area contributed by atoms with E-state index in [-0.39, 0.29) is 5.92 Å². The second-order valence-corrected chi connectivity index (χ2v) is 3.97. The summed E-state index contributed by atoms with van der Waals surface area (Å²) in [5.41, 5.74) is 3.32. The predicted molar refractivity (Wildman–Crippen MR) is 67.8 cm³/mol. The molecule has 0 spiro atoms. The quantitative estimate of drug-likeness (QED) is 0.741. The maximum atomic E-state index is 9.42. The van der Waals surface area contributed by atoms with Crippen molar-refractivity contribution >= 4 is 11.2 Å². The zero-order valence-electron chi connectivity index (χ0n) is 9.54. The molecule has 1 aromatic carbocycles. The lowest BCUT2D eigenvalue weighted by Crippen LogP contribution is -1.99. The van der Waals surface area contributed by atoms with Gasteiger partial charge in [-0.1, -0.05) is 30.3 Å². The Hall–Kier alpha value is -2.67. The first kappa shape index (κ1) is 10.5. The largest absolute Gasteiger partial charge is 0.329 e. The van der Waals surface area contributed by atoms with E-state index in [1.165, 1.54) is 0 Å². The van der Waals surface area contributed by atoms with E-state index >= 15 is 0 Å². The molecule has 86 valence electrons. The summed E-state index contributed by atoms with van der Waals surface area (Å²) in [5.74, 6) is -0.319. The summed E-state index contributed by atoms with van der Waals surface area (Å²) in [5, 5.41) is 9.42. The smallest absolute Gasteiger partial charge is 0.157 e. The van der Waals surface area contributed by atoms with Crippen LogP contribution in [-0.4, -0.2) is 15.0 Å². The summed E-state index contributed by atoms with van der Waals surface area (Å²) in [6.07, 6.45) is 3.30. The van der Waals surface area contributed by atoms with Crippen molar-refractivity contribution in [3.8, 4) is 6.07 Å². The van der Waals surface area contributed by atoms with Gasteiger partial charge in [-0.3, -0.25) is 0 Å². The number of benzene rings is 1. The summed E-state index contributed by atoms with van der Waals surface area (Å²) in [4.78, 5) is 11.4. The molecule has 2 heterocycles. The van der Waals surface area contributed by atoms with Gasteiger partial charge in [0.05, 0.1) is 18.3 Å². The Kier molecular flexibility index (Phi) is 2.50. The summed E-state index contributed by atoms with van der Waals surface area (Å²) in [6.45, 7) is 0. The molecule has 18 heavy (non-hydrogen) atoms. The minimum atomic E-state index is -0.319. The first-order valence-electron chi connectivity index (χ1n) is 5.62. The number of hydrogen-bond acceptors (Lipinski definition) is 3. The average Bonchev–Trinajstić information content (AvgIpc) is 2.90. The molecular weight excluding hydrogens is 224 g/mol. The lowest BCUT2D eigenvalue weighted by Gasteiger charge is -2.09. The fourth-order valence-corrected chi connectivity index (χ4v) is 2.07. The Labute approximate surface area is 104 Å². The van der Waals surface area contributed by atoms with Crippen molar-refractivity contribution in [2.24, 2.45) is 0 Å². The second-order valence-electron chi connectivity index (χ2n) is 3.97. The van der Waals surface area contributed by atoms with Crippen LogP contribution in [0, 0.1) is 11.3 Å². The highest BCUT2D eigenvalue weighted by Crippen LogP contribution is 2.27. The summed E-state index contributed by atoms with van der Waals surface area (Å²) in [6, 6.07) is 13.9. The Bertz CT molecular complexity index is 709. The third kappa shape index (κ3) is 1.62. The number of fused-ring (bicyclic) bond motifs is 1. The van der Waals surface area contributed by atoms with Crippen molar-refractivity contribution < 1.29 is 0 Å². The number of aromatic nitrogens is 3. The van der Waals surface area contributed by atoms with Crippen molar-refractivity contribution in [1.29, 1.82) is 5.26 Å². The minimum Gasteiger partial charge on any atom is -0.329 e. The van der Waals surface area contributed by atoms with Crippen molar-refractivity contribution in [1.82, 2.24) is 15.0 Å². The topological polar surface area (TPSA) is 65.4 Å². The molecule has 4 nitrogen and oxygen atoms in total. The minimum absolute atomic E-state index is 0.319. The number of rotatable bonds is 2. The molecule has 0 saturated carbocycles. The number of pyridine rings is 1. The van der Waals surface area contributed by atoms with E-state index in [0.29, 0.717) is 5.65 Å². The fourth-order valence-electron chi connectivity index (χ4n) is 2.07. The van der Waals surface area contributed by atoms with Gasteiger partial charge in [0, 0.05) is 11.8 Å². The number of H-pyrrole nitrogens is 1. The summed E-state index contributed by atoms with van der Waals surface area (Å²) < 4.78 is 0. The molecule has 0 aliphatic heterocycles. The number of nitrogens with zero attached hydrogens (tertiary/aromatic N) is 3. The van der Waals surface area contributed by atoms with Gasteiger partial charge in [-0.25, -0.2) is 9.97 Å². The average molecular weight is 234 g/mol. The van der Waals surface area contributed by atoms with Gasteiger partial charge in [0.2, 0.25) is 0 Å². The van der Waals surface area contributed by atoms with Gasteiger partial charge in [0.25, 0.3) is 0 Å². The monoisotopic (exact) mass is 234 g/mol. The van der Waals surface area contributed by atoms with Crippen molar-refractivity contribution in [3.63, 3.8) is 0 Å². The van der Waals surface area contributed by atoms with Crippen LogP contribution in [0.4, 0.5) is 0 Å². The van der Waals surface area contributed by atoms with Crippen LogP contribution >= 0.6 is 0 Å². The van der Waals surface area contributed by atoms with Gasteiger partial charge in [-0.05, 0) is 11.6 Å². The third-order valence-corrected chi connectivity index (χ3v) is 2.92. The molecule has 0 aliphatic rings. The lowest BCUT2D eigenvalue weighted by molar-refractivity contribution is 1.04. The molecule has 0 aliphatic carbocycles. The van der Waals surface area contributed by atoms with Gasteiger partial charge in [0.15, 0.2) is 5.65 Å². The van der Waals surface area contributed by atoms with Crippen LogP contribution in [0.1, 0.15) is 17.0 Å². The lowest BCUT2D eigenvalue weighted by atomic mass is 9.93. The molecule has 1 N–H and O–H groups in total. The van der Waals surface area contributed by atoms with Crippen LogP contribution in [0.2, 0.25) is 0 Å². The number of nitrogens with one attached hydrogen (secondary N) is 1. The molecule has 3 aromatic rings. The predicted octanol–water partition coefficient (Wildman–Crippen LogP) is 2.61. The number of imidazole rings is 1. The Morgan fingerprint density at radius 1 is 1.11 bits per heavy atom. The number of aromatic amines is 1. The molecule has 0 saturated heterocycles. The van der Waals surface area contributed by atoms with E-state index in [1.54, 1.807) is 12.5 Å². The van der Waals surface area contributed by atoms with Crippen LogP contribution in [0.5, 0.6) is 0 Å². The molecule has 0 radical (unpaired) electrons. The Morgan fingerprint density at radius 2 is 1.94 bits per heavy atom. The molecule has 1 unspecified atom stereocenters. The molecule has 0 fully saturated rings. The van der Waals surface area contributed by atoms with Crippen molar-refractivity contribution in [2.75, 3.05) is 0 Å². The molecule has 4 heteroatoms. The molecule has 0 bridgehead atoms. The maximum Gasteiger partial charge on any atom is 0.157 e. The number of nitriles is 1. The zero-order chi connectivity index (χ0) is 12.4. The molecule has 3 rings (SSSR count). The zero-order valence-corrected chi connectivity index (χ0v) is 9.54. The van der Waals surface area contributed by atoms with E-state index in [4.69, 9.17) is 0 Å². The van der Waals surface area contributed by atoms with Gasteiger partial charge in [-0.15, -0.1) is 0 Å². The summed E-state index contributed by atoms with van der Waals surface area (Å²) >= 11 is 0. The van der Waals surface area contributed by atoms with E-state index in [1.807, 2.05) is 36.4 Å². The third-order valence-electron chi connectivity index (χ3n) is 2.92. The standard InChI is InChI=1S/C14H10N4/c15-8-12(10-4-2-1-3-5-10)11-6-7-16-14-13(11)17-9-18-14/h1-7,9,12H,(H,16,17,18). The van der Waals surface area contributed by atoms with E-state index in [2.05, 4.69) is 21.0 Å². The fraction of sp³-hybridized carbons (Fsp3) is 0.0714. The van der Waals surface area contributed by atoms with E-state index in [9.17, 15) is 5.26 Å². The highest BCUT2D eigenvalue weighted by atomic mass is 14.9. The first-order valence-corrected chi connectivity index (χ1v) is 5.62. The Morgan fingerprint density at radius 3 is 2.72 bits per heavy atom. The van der Waals surface area contributed by atoms with Gasteiger partial charge >= 0.3 is 0 Å². The van der Waals surface area contributed by atoms with Crippen LogP contribution < -0.4 is 0 Å². The Balaban J connectivity index is 2.19. The number of hydrogen-bond donors (Lipinski definition) is 1. The van der Waals surface area contributed by atoms with Crippen LogP contribution in [0.15, 0.2) is 48.9 Å². The van der Waals surface area contributed by atoms with E-state index < -0.39 is 0 Å². The van der Waals surface area contributed by atoms with Crippen LogP contribution in [-0.2, 0) is 0 Å². The van der Waals surface area contributed by atoms with Gasteiger partial charge < -0.3 is 4.98 Å².